The first-order valence-corrected chi connectivity index (χ1v) is 8.93. The van der Waals surface area contributed by atoms with E-state index in [2.05, 4.69) is 10.5 Å². The predicted molar refractivity (Wildman–Crippen MR) is 91.3 cm³/mol. The van der Waals surface area contributed by atoms with Crippen LogP contribution in [0.2, 0.25) is 0 Å². The maximum Gasteiger partial charge on any atom is 0.409 e. The highest BCUT2D eigenvalue weighted by Gasteiger charge is 2.39. The van der Waals surface area contributed by atoms with Gasteiger partial charge in [0.15, 0.2) is 5.82 Å². The van der Waals surface area contributed by atoms with Crippen molar-refractivity contribution in [1.82, 2.24) is 15.0 Å². The van der Waals surface area contributed by atoms with Crippen molar-refractivity contribution in [2.75, 3.05) is 31.6 Å². The summed E-state index contributed by atoms with van der Waals surface area (Å²) in [6.07, 6.45) is 1.28. The van der Waals surface area contributed by atoms with E-state index in [0.29, 0.717) is 50.7 Å². The summed E-state index contributed by atoms with van der Waals surface area (Å²) in [5.74, 6) is 0.329. The number of hydrogen-bond acceptors (Lipinski definition) is 6. The Morgan fingerprint density at radius 2 is 2.12 bits per heavy atom. The molecule has 1 unspecified atom stereocenters. The van der Waals surface area contributed by atoms with Gasteiger partial charge in [0.2, 0.25) is 11.8 Å². The van der Waals surface area contributed by atoms with Crippen LogP contribution in [0.5, 0.6) is 0 Å². The second-order valence-corrected chi connectivity index (χ2v) is 6.68. The number of piperidine rings is 1. The Labute approximate surface area is 151 Å². The molecule has 2 aliphatic heterocycles. The first-order valence-electron chi connectivity index (χ1n) is 8.93. The molecule has 1 aromatic heterocycles. The molecule has 1 aromatic rings. The topological polar surface area (TPSA) is 105 Å². The zero-order valence-electron chi connectivity index (χ0n) is 15.1. The quantitative estimate of drug-likeness (QED) is 0.866. The summed E-state index contributed by atoms with van der Waals surface area (Å²) in [4.78, 5) is 39.9. The van der Waals surface area contributed by atoms with Crippen LogP contribution in [0.15, 0.2) is 10.6 Å². The predicted octanol–water partition coefficient (Wildman–Crippen LogP) is 1.39. The summed E-state index contributed by atoms with van der Waals surface area (Å²) < 4.78 is 9.94. The van der Waals surface area contributed by atoms with E-state index in [0.717, 1.165) is 0 Å². The Morgan fingerprint density at radius 3 is 2.73 bits per heavy atom. The first kappa shape index (κ1) is 18.2. The fraction of sp³-hybridized carbons (Fsp3) is 0.647. The van der Waals surface area contributed by atoms with E-state index in [-0.39, 0.29) is 30.4 Å². The summed E-state index contributed by atoms with van der Waals surface area (Å²) in [6.45, 7) is 5.38. The number of carbonyl (C=O) groups excluding carboxylic acids is 3. The lowest BCUT2D eigenvalue weighted by Gasteiger charge is -2.36. The molecule has 0 aliphatic carbocycles. The summed E-state index contributed by atoms with van der Waals surface area (Å²) in [5.41, 5.74) is 0. The molecule has 2 saturated heterocycles. The monoisotopic (exact) mass is 364 g/mol. The minimum absolute atomic E-state index is 0.0175. The highest BCUT2D eigenvalue weighted by molar-refractivity contribution is 5.96. The molecule has 3 rings (SSSR count). The lowest BCUT2D eigenvalue weighted by molar-refractivity contribution is -0.130. The fourth-order valence-corrected chi connectivity index (χ4v) is 3.49. The molecular formula is C17H24N4O5. The van der Waals surface area contributed by atoms with Gasteiger partial charge in [0, 0.05) is 38.2 Å². The van der Waals surface area contributed by atoms with E-state index in [1.807, 2.05) is 0 Å². The number of rotatable bonds is 4. The third-order valence-electron chi connectivity index (χ3n) is 4.84. The number of aromatic nitrogens is 1. The first-order chi connectivity index (χ1) is 12.5. The van der Waals surface area contributed by atoms with Crippen LogP contribution in [0.4, 0.5) is 10.6 Å². The van der Waals surface area contributed by atoms with Crippen molar-refractivity contribution in [3.63, 3.8) is 0 Å². The van der Waals surface area contributed by atoms with Crippen LogP contribution in [-0.2, 0) is 14.3 Å². The van der Waals surface area contributed by atoms with E-state index in [9.17, 15) is 14.4 Å². The number of nitrogens with zero attached hydrogens (tertiary/aromatic N) is 3. The molecule has 9 heteroatoms. The average molecular weight is 364 g/mol. The second kappa shape index (κ2) is 7.76. The van der Waals surface area contributed by atoms with Crippen molar-refractivity contribution in [3.8, 4) is 0 Å². The number of amides is 3. The summed E-state index contributed by atoms with van der Waals surface area (Å²) in [7, 11) is 0. The molecule has 2 fully saturated rings. The molecule has 3 amide bonds. The number of likely N-dealkylation sites (tertiary alicyclic amines) is 2. The van der Waals surface area contributed by atoms with Gasteiger partial charge in [-0.3, -0.25) is 9.59 Å². The van der Waals surface area contributed by atoms with Crippen molar-refractivity contribution in [2.24, 2.45) is 5.92 Å². The molecule has 0 spiro atoms. The van der Waals surface area contributed by atoms with Crippen molar-refractivity contribution in [1.29, 1.82) is 0 Å². The largest absolute Gasteiger partial charge is 0.450 e. The molecule has 0 bridgehead atoms. The summed E-state index contributed by atoms with van der Waals surface area (Å²) in [5, 5.41) is 6.43. The summed E-state index contributed by atoms with van der Waals surface area (Å²) >= 11 is 0. The van der Waals surface area contributed by atoms with E-state index in [1.54, 1.807) is 29.7 Å². The molecule has 0 saturated carbocycles. The Balaban J connectivity index is 1.52. The van der Waals surface area contributed by atoms with Gasteiger partial charge in [0.05, 0.1) is 12.5 Å². The number of aryl methyl sites for hydroxylation is 1. The number of anilines is 1. The molecule has 1 N–H and O–H groups in total. The standard InChI is InChI=1S/C17H24N4O5/c1-3-25-17(24)20-6-4-13(5-7-20)21-10-12(9-15(21)22)16(23)18-14-8-11(2)26-19-14/h8,12-13H,3-7,9-10H2,1-2H3,(H,18,19,23). The average Bonchev–Trinajstić information content (AvgIpc) is 3.21. The van der Waals surface area contributed by atoms with Crippen LogP contribution in [-0.4, -0.2) is 65.1 Å². The smallest absolute Gasteiger partial charge is 0.409 e. The normalized spacial score (nSPS) is 21.2. The van der Waals surface area contributed by atoms with Crippen molar-refractivity contribution in [2.45, 2.75) is 39.2 Å². The lowest BCUT2D eigenvalue weighted by atomic mass is 10.0. The van der Waals surface area contributed by atoms with Crippen LogP contribution >= 0.6 is 0 Å². The van der Waals surface area contributed by atoms with E-state index >= 15 is 0 Å². The van der Waals surface area contributed by atoms with Gasteiger partial charge in [-0.25, -0.2) is 4.79 Å². The molecule has 9 nitrogen and oxygen atoms in total. The molecular weight excluding hydrogens is 340 g/mol. The molecule has 2 aliphatic rings. The van der Waals surface area contributed by atoms with Gasteiger partial charge < -0.3 is 24.4 Å². The SMILES string of the molecule is CCOC(=O)N1CCC(N2CC(C(=O)Nc3cc(C)on3)CC2=O)CC1. The number of nitrogens with one attached hydrogen (secondary N) is 1. The molecule has 142 valence electrons. The Hall–Kier alpha value is -2.58. The molecule has 3 heterocycles. The van der Waals surface area contributed by atoms with Crippen LogP contribution in [0, 0.1) is 12.8 Å². The van der Waals surface area contributed by atoms with E-state index in [4.69, 9.17) is 9.26 Å². The highest BCUT2D eigenvalue weighted by Crippen LogP contribution is 2.26. The zero-order chi connectivity index (χ0) is 18.7. The molecule has 0 radical (unpaired) electrons. The second-order valence-electron chi connectivity index (χ2n) is 6.68. The third-order valence-corrected chi connectivity index (χ3v) is 4.84. The Bertz CT molecular complexity index is 680. The highest BCUT2D eigenvalue weighted by atomic mass is 16.6. The van der Waals surface area contributed by atoms with Crippen molar-refractivity contribution in [3.05, 3.63) is 11.8 Å². The van der Waals surface area contributed by atoms with E-state index < -0.39 is 5.92 Å². The van der Waals surface area contributed by atoms with Gasteiger partial charge in [-0.05, 0) is 26.7 Å². The van der Waals surface area contributed by atoms with Gasteiger partial charge in [-0.2, -0.15) is 0 Å². The Morgan fingerprint density at radius 1 is 1.38 bits per heavy atom. The Kier molecular flexibility index (Phi) is 5.43. The van der Waals surface area contributed by atoms with Crippen LogP contribution in [0.1, 0.15) is 31.9 Å². The number of hydrogen-bond donors (Lipinski definition) is 1. The number of carbonyl (C=O) groups is 3. The van der Waals surface area contributed by atoms with Gasteiger partial charge in [-0.15, -0.1) is 0 Å². The van der Waals surface area contributed by atoms with Crippen LogP contribution < -0.4 is 5.32 Å². The lowest BCUT2D eigenvalue weighted by Crippen LogP contribution is -2.47. The van der Waals surface area contributed by atoms with Gasteiger partial charge in [0.1, 0.15) is 5.76 Å². The minimum Gasteiger partial charge on any atom is -0.450 e. The fourth-order valence-electron chi connectivity index (χ4n) is 3.49. The molecule has 0 aromatic carbocycles. The molecule has 1 atom stereocenters. The van der Waals surface area contributed by atoms with Gasteiger partial charge in [-0.1, -0.05) is 5.16 Å². The van der Waals surface area contributed by atoms with Gasteiger partial charge >= 0.3 is 6.09 Å². The maximum absolute atomic E-state index is 12.4. The number of ether oxygens (including phenoxy) is 1. The molecule has 26 heavy (non-hydrogen) atoms. The van der Waals surface area contributed by atoms with E-state index in [1.165, 1.54) is 0 Å². The maximum atomic E-state index is 12.4. The minimum atomic E-state index is -0.400. The zero-order valence-corrected chi connectivity index (χ0v) is 15.1. The van der Waals surface area contributed by atoms with Crippen LogP contribution in [0.25, 0.3) is 0 Å². The summed E-state index contributed by atoms with van der Waals surface area (Å²) in [6, 6.07) is 1.69. The van der Waals surface area contributed by atoms with Crippen molar-refractivity contribution < 1.29 is 23.6 Å². The third kappa shape index (κ3) is 3.97. The van der Waals surface area contributed by atoms with Gasteiger partial charge in [0.25, 0.3) is 0 Å². The van der Waals surface area contributed by atoms with Crippen LogP contribution in [0.3, 0.4) is 0 Å². The van der Waals surface area contributed by atoms with Crippen molar-refractivity contribution >= 4 is 23.7 Å².